The molecule has 1 aromatic carbocycles. The minimum absolute atomic E-state index is 0.0253. The first kappa shape index (κ1) is 11.1. The van der Waals surface area contributed by atoms with Crippen molar-refractivity contribution >= 4 is 27.5 Å². The van der Waals surface area contributed by atoms with E-state index in [0.29, 0.717) is 6.07 Å². The van der Waals surface area contributed by atoms with Gasteiger partial charge in [0.2, 0.25) is 5.91 Å². The molecule has 0 bridgehead atoms. The maximum atomic E-state index is 13.0. The van der Waals surface area contributed by atoms with Crippen LogP contribution >= 0.6 is 15.9 Å². The molecule has 0 heterocycles. The van der Waals surface area contributed by atoms with E-state index in [0.717, 1.165) is 6.07 Å². The van der Waals surface area contributed by atoms with Gasteiger partial charge in [0, 0.05) is 6.07 Å². The largest absolute Gasteiger partial charge is 0.323 e. The Balaban J connectivity index is 2.82. The molecular weight excluding hydrogens is 256 g/mol. The van der Waals surface area contributed by atoms with Gasteiger partial charge in [0.25, 0.3) is 0 Å². The van der Waals surface area contributed by atoms with Crippen LogP contribution in [0.5, 0.6) is 0 Å². The van der Waals surface area contributed by atoms with Crippen molar-refractivity contribution in [2.75, 3.05) is 5.32 Å². The van der Waals surface area contributed by atoms with Crippen LogP contribution < -0.4 is 5.32 Å². The number of benzene rings is 1. The van der Waals surface area contributed by atoms with Gasteiger partial charge in [-0.15, -0.1) is 0 Å². The number of anilines is 1. The molecule has 0 saturated heterocycles. The number of hydrogen-bond donors (Lipinski definition) is 1. The van der Waals surface area contributed by atoms with Gasteiger partial charge in [0.05, 0.1) is 10.5 Å². The zero-order valence-electron chi connectivity index (χ0n) is 7.35. The van der Waals surface area contributed by atoms with Crippen LogP contribution in [0.15, 0.2) is 18.2 Å². The molecular formula is C9H8BrF2NO. The van der Waals surface area contributed by atoms with Gasteiger partial charge >= 0.3 is 0 Å². The van der Waals surface area contributed by atoms with Gasteiger partial charge in [-0.05, 0) is 19.1 Å². The van der Waals surface area contributed by atoms with Crippen molar-refractivity contribution in [1.82, 2.24) is 0 Å². The number of amides is 1. The number of rotatable bonds is 2. The molecule has 2 nitrogen and oxygen atoms in total. The highest BCUT2D eigenvalue weighted by Gasteiger charge is 2.11. The van der Waals surface area contributed by atoms with Crippen molar-refractivity contribution in [3.05, 3.63) is 29.8 Å². The molecule has 0 saturated carbocycles. The highest BCUT2D eigenvalue weighted by molar-refractivity contribution is 9.10. The van der Waals surface area contributed by atoms with Crippen molar-refractivity contribution in [2.45, 2.75) is 11.8 Å². The number of alkyl halides is 1. The first-order valence-corrected chi connectivity index (χ1v) is 4.82. The average molecular weight is 264 g/mol. The lowest BCUT2D eigenvalue weighted by atomic mass is 10.3. The predicted octanol–water partition coefficient (Wildman–Crippen LogP) is 2.69. The van der Waals surface area contributed by atoms with Crippen molar-refractivity contribution in [3.8, 4) is 0 Å². The molecule has 14 heavy (non-hydrogen) atoms. The monoisotopic (exact) mass is 263 g/mol. The fraction of sp³-hybridized carbons (Fsp3) is 0.222. The Morgan fingerprint density at radius 2 is 2.14 bits per heavy atom. The van der Waals surface area contributed by atoms with Crippen LogP contribution in [0.2, 0.25) is 0 Å². The number of nitrogens with one attached hydrogen (secondary N) is 1. The lowest BCUT2D eigenvalue weighted by Crippen LogP contribution is -2.20. The molecule has 76 valence electrons. The minimum Gasteiger partial charge on any atom is -0.323 e. The van der Waals surface area contributed by atoms with Gasteiger partial charge < -0.3 is 5.32 Å². The molecule has 0 fully saturated rings. The first-order valence-electron chi connectivity index (χ1n) is 3.90. The van der Waals surface area contributed by atoms with Crippen LogP contribution in [0.4, 0.5) is 14.5 Å². The zero-order chi connectivity index (χ0) is 10.7. The molecule has 0 spiro atoms. The lowest BCUT2D eigenvalue weighted by Gasteiger charge is -2.07. The van der Waals surface area contributed by atoms with Gasteiger partial charge in [0.1, 0.15) is 11.6 Å². The van der Waals surface area contributed by atoms with Crippen LogP contribution in [0.3, 0.4) is 0 Å². The summed E-state index contributed by atoms with van der Waals surface area (Å²) in [5, 5.41) is 2.31. The molecule has 0 radical (unpaired) electrons. The third-order valence-electron chi connectivity index (χ3n) is 1.55. The molecule has 0 aliphatic rings. The molecule has 0 aliphatic carbocycles. The SMILES string of the molecule is CC(Br)C(=O)Nc1ccc(F)cc1F. The van der Waals surface area contributed by atoms with Crippen LogP contribution in [-0.2, 0) is 4.79 Å². The lowest BCUT2D eigenvalue weighted by molar-refractivity contribution is -0.115. The molecule has 0 aromatic heterocycles. The molecule has 1 rings (SSSR count). The summed E-state index contributed by atoms with van der Waals surface area (Å²) in [6.45, 7) is 1.61. The Morgan fingerprint density at radius 1 is 1.50 bits per heavy atom. The summed E-state index contributed by atoms with van der Waals surface area (Å²) >= 11 is 3.03. The second-order valence-corrected chi connectivity index (χ2v) is 4.10. The fourth-order valence-corrected chi connectivity index (χ4v) is 0.937. The quantitative estimate of drug-likeness (QED) is 0.817. The first-order chi connectivity index (χ1) is 6.50. The van der Waals surface area contributed by atoms with Crippen LogP contribution in [0, 0.1) is 11.6 Å². The molecule has 1 N–H and O–H groups in total. The normalized spacial score (nSPS) is 12.3. The van der Waals surface area contributed by atoms with E-state index in [2.05, 4.69) is 21.2 Å². The van der Waals surface area contributed by atoms with E-state index >= 15 is 0 Å². The zero-order valence-corrected chi connectivity index (χ0v) is 8.94. The van der Waals surface area contributed by atoms with E-state index in [4.69, 9.17) is 0 Å². The summed E-state index contributed by atoms with van der Waals surface area (Å²) in [6.07, 6.45) is 0. The minimum atomic E-state index is -0.786. The fourth-order valence-electron chi connectivity index (χ4n) is 0.823. The number of carbonyl (C=O) groups excluding carboxylic acids is 1. The highest BCUT2D eigenvalue weighted by atomic mass is 79.9. The maximum absolute atomic E-state index is 13.0. The third-order valence-corrected chi connectivity index (χ3v) is 1.97. The van der Waals surface area contributed by atoms with Gasteiger partial charge in [-0.1, -0.05) is 15.9 Å². The van der Waals surface area contributed by atoms with Crippen molar-refractivity contribution < 1.29 is 13.6 Å². The van der Waals surface area contributed by atoms with Crippen LogP contribution in [0.25, 0.3) is 0 Å². The number of halogens is 3. The summed E-state index contributed by atoms with van der Waals surface area (Å²) in [4.78, 5) is 10.7. The average Bonchev–Trinajstić information content (AvgIpc) is 2.09. The van der Waals surface area contributed by atoms with E-state index in [-0.39, 0.29) is 11.6 Å². The number of carbonyl (C=O) groups is 1. The van der Waals surface area contributed by atoms with Gasteiger partial charge in [-0.2, -0.15) is 0 Å². The molecule has 1 unspecified atom stereocenters. The second-order valence-electron chi connectivity index (χ2n) is 2.73. The molecule has 1 amide bonds. The smallest absolute Gasteiger partial charge is 0.237 e. The van der Waals surface area contributed by atoms with Gasteiger partial charge in [-0.3, -0.25) is 4.79 Å². The van der Waals surface area contributed by atoms with E-state index in [1.807, 2.05) is 0 Å². The standard InChI is InChI=1S/C9H8BrF2NO/c1-5(10)9(14)13-8-3-2-6(11)4-7(8)12/h2-5H,1H3,(H,13,14). The summed E-state index contributed by atoms with van der Waals surface area (Å²) in [5.74, 6) is -1.84. The summed E-state index contributed by atoms with van der Waals surface area (Å²) < 4.78 is 25.5. The Bertz CT molecular complexity index is 355. The summed E-state index contributed by atoms with van der Waals surface area (Å²) in [7, 11) is 0. The van der Waals surface area contributed by atoms with Gasteiger partial charge in [0.15, 0.2) is 0 Å². The van der Waals surface area contributed by atoms with Crippen molar-refractivity contribution in [2.24, 2.45) is 0 Å². The predicted molar refractivity (Wildman–Crippen MR) is 53.4 cm³/mol. The molecule has 0 aliphatic heterocycles. The van der Waals surface area contributed by atoms with Gasteiger partial charge in [-0.25, -0.2) is 8.78 Å². The third kappa shape index (κ3) is 2.77. The number of hydrogen-bond acceptors (Lipinski definition) is 1. The van der Waals surface area contributed by atoms with E-state index < -0.39 is 16.5 Å². The van der Waals surface area contributed by atoms with E-state index in [1.54, 1.807) is 6.92 Å². The topological polar surface area (TPSA) is 29.1 Å². The Labute approximate surface area is 88.4 Å². The Kier molecular flexibility index (Phi) is 3.57. The van der Waals surface area contributed by atoms with Crippen molar-refractivity contribution in [3.63, 3.8) is 0 Å². The molecule has 1 aromatic rings. The second kappa shape index (κ2) is 4.50. The van der Waals surface area contributed by atoms with Crippen molar-refractivity contribution in [1.29, 1.82) is 0 Å². The Hall–Kier alpha value is -0.970. The van der Waals surface area contributed by atoms with E-state index in [9.17, 15) is 13.6 Å². The summed E-state index contributed by atoms with van der Waals surface area (Å²) in [6, 6.07) is 2.98. The van der Waals surface area contributed by atoms with E-state index in [1.165, 1.54) is 6.07 Å². The van der Waals surface area contributed by atoms with Crippen LogP contribution in [-0.4, -0.2) is 10.7 Å². The molecule has 5 heteroatoms. The summed E-state index contributed by atoms with van der Waals surface area (Å²) in [5.41, 5.74) is -0.0253. The Morgan fingerprint density at radius 3 is 2.64 bits per heavy atom. The van der Waals surface area contributed by atoms with Crippen LogP contribution in [0.1, 0.15) is 6.92 Å². The maximum Gasteiger partial charge on any atom is 0.237 e. The molecule has 1 atom stereocenters. The highest BCUT2D eigenvalue weighted by Crippen LogP contribution is 2.15.